The molecule has 0 atom stereocenters. The Hall–Kier alpha value is -2.37. The van der Waals surface area contributed by atoms with Gasteiger partial charge in [0.1, 0.15) is 0 Å². The lowest BCUT2D eigenvalue weighted by atomic mass is 9.93. The molecule has 0 bridgehead atoms. The van der Waals surface area contributed by atoms with Crippen LogP contribution in [0.15, 0.2) is 34.9 Å². The minimum absolute atomic E-state index is 0.330. The molecule has 132 valence electrons. The number of aromatic nitrogens is 2. The summed E-state index contributed by atoms with van der Waals surface area (Å²) < 4.78 is 5.46. The Morgan fingerprint density at radius 1 is 1.12 bits per heavy atom. The predicted octanol–water partition coefficient (Wildman–Crippen LogP) is 2.97. The van der Waals surface area contributed by atoms with Gasteiger partial charge in [-0.05, 0) is 31.6 Å². The quantitative estimate of drug-likeness (QED) is 0.837. The number of anilines is 1. The number of benzene rings is 1. The molecular formula is C19H24N4O2. The third kappa shape index (κ3) is 3.67. The van der Waals surface area contributed by atoms with Crippen LogP contribution in [0.3, 0.4) is 0 Å². The third-order valence-electron chi connectivity index (χ3n) is 5.31. The molecule has 0 aliphatic carbocycles. The van der Waals surface area contributed by atoms with E-state index < -0.39 is 0 Å². The van der Waals surface area contributed by atoms with Gasteiger partial charge in [0.25, 0.3) is 0 Å². The Morgan fingerprint density at radius 3 is 2.64 bits per heavy atom. The van der Waals surface area contributed by atoms with Gasteiger partial charge in [0.2, 0.25) is 11.7 Å². The maximum Gasteiger partial charge on any atom is 0.324 e. The van der Waals surface area contributed by atoms with Crippen molar-refractivity contribution in [3.05, 3.63) is 30.3 Å². The molecule has 1 aromatic carbocycles. The van der Waals surface area contributed by atoms with Gasteiger partial charge in [0.15, 0.2) is 0 Å². The summed E-state index contributed by atoms with van der Waals surface area (Å²) in [5.74, 6) is 1.66. The average molecular weight is 340 g/mol. The summed E-state index contributed by atoms with van der Waals surface area (Å²) in [6, 6.07) is 10.5. The Labute approximate surface area is 147 Å². The van der Waals surface area contributed by atoms with Gasteiger partial charge >= 0.3 is 6.01 Å². The maximum atomic E-state index is 11.7. The smallest absolute Gasteiger partial charge is 0.324 e. The van der Waals surface area contributed by atoms with Crippen LogP contribution in [0.4, 0.5) is 6.01 Å². The highest BCUT2D eigenvalue weighted by molar-refractivity contribution is 5.78. The SMILES string of the molecule is O=C1CCCN1CCC1CCN(c2nc(-c3ccccc3)no2)CC1. The monoisotopic (exact) mass is 340 g/mol. The van der Waals surface area contributed by atoms with E-state index in [9.17, 15) is 4.79 Å². The molecule has 6 nitrogen and oxygen atoms in total. The highest BCUT2D eigenvalue weighted by Gasteiger charge is 2.25. The first-order valence-corrected chi connectivity index (χ1v) is 9.21. The van der Waals surface area contributed by atoms with Crippen molar-refractivity contribution in [1.29, 1.82) is 0 Å². The predicted molar refractivity (Wildman–Crippen MR) is 95.1 cm³/mol. The summed E-state index contributed by atoms with van der Waals surface area (Å²) in [4.78, 5) is 20.4. The van der Waals surface area contributed by atoms with Gasteiger partial charge < -0.3 is 14.3 Å². The minimum Gasteiger partial charge on any atom is -0.343 e. The zero-order chi connectivity index (χ0) is 17.1. The summed E-state index contributed by atoms with van der Waals surface area (Å²) >= 11 is 0. The van der Waals surface area contributed by atoms with Crippen molar-refractivity contribution < 1.29 is 9.32 Å². The molecule has 2 aliphatic rings. The molecule has 0 unspecified atom stereocenters. The zero-order valence-corrected chi connectivity index (χ0v) is 14.4. The molecule has 1 amide bonds. The van der Waals surface area contributed by atoms with E-state index in [2.05, 4.69) is 15.0 Å². The second-order valence-corrected chi connectivity index (χ2v) is 6.97. The minimum atomic E-state index is 0.330. The highest BCUT2D eigenvalue weighted by atomic mass is 16.5. The van der Waals surface area contributed by atoms with Crippen LogP contribution < -0.4 is 4.90 Å². The number of hydrogen-bond donors (Lipinski definition) is 0. The van der Waals surface area contributed by atoms with Crippen molar-refractivity contribution in [3.63, 3.8) is 0 Å². The van der Waals surface area contributed by atoms with E-state index in [-0.39, 0.29) is 0 Å². The fourth-order valence-electron chi connectivity index (χ4n) is 3.74. The second kappa shape index (κ2) is 7.25. The van der Waals surface area contributed by atoms with Crippen molar-refractivity contribution in [2.45, 2.75) is 32.1 Å². The second-order valence-electron chi connectivity index (χ2n) is 6.97. The lowest BCUT2D eigenvalue weighted by Gasteiger charge is -2.31. The van der Waals surface area contributed by atoms with E-state index in [4.69, 9.17) is 4.52 Å². The summed E-state index contributed by atoms with van der Waals surface area (Å²) in [6.07, 6.45) is 5.10. The van der Waals surface area contributed by atoms with E-state index in [1.54, 1.807) is 0 Å². The lowest BCUT2D eigenvalue weighted by Crippen LogP contribution is -2.35. The van der Waals surface area contributed by atoms with Crippen LogP contribution in [-0.4, -0.2) is 47.1 Å². The van der Waals surface area contributed by atoms with Gasteiger partial charge in [-0.15, -0.1) is 0 Å². The molecule has 3 heterocycles. The maximum absolute atomic E-state index is 11.7. The Morgan fingerprint density at radius 2 is 1.92 bits per heavy atom. The van der Waals surface area contributed by atoms with Gasteiger partial charge in [-0.1, -0.05) is 35.5 Å². The summed E-state index contributed by atoms with van der Waals surface area (Å²) in [5.41, 5.74) is 0.975. The lowest BCUT2D eigenvalue weighted by molar-refractivity contribution is -0.127. The van der Waals surface area contributed by atoms with Gasteiger partial charge in [-0.3, -0.25) is 4.79 Å². The first-order valence-electron chi connectivity index (χ1n) is 9.21. The van der Waals surface area contributed by atoms with E-state index in [1.165, 1.54) is 0 Å². The van der Waals surface area contributed by atoms with E-state index in [0.717, 1.165) is 63.8 Å². The van der Waals surface area contributed by atoms with Crippen molar-refractivity contribution in [2.24, 2.45) is 5.92 Å². The molecule has 0 spiro atoms. The molecule has 0 saturated carbocycles. The van der Waals surface area contributed by atoms with Crippen molar-refractivity contribution >= 4 is 11.9 Å². The van der Waals surface area contributed by atoms with E-state index >= 15 is 0 Å². The number of carbonyl (C=O) groups is 1. The first kappa shape index (κ1) is 16.1. The topological polar surface area (TPSA) is 62.5 Å². The molecule has 2 fully saturated rings. The van der Waals surface area contributed by atoms with Crippen LogP contribution in [0.5, 0.6) is 0 Å². The molecule has 1 aromatic heterocycles. The molecule has 2 aromatic rings. The number of carbonyl (C=O) groups excluding carboxylic acids is 1. The van der Waals surface area contributed by atoms with Crippen LogP contribution in [-0.2, 0) is 4.79 Å². The van der Waals surface area contributed by atoms with Crippen molar-refractivity contribution in [1.82, 2.24) is 15.0 Å². The van der Waals surface area contributed by atoms with Crippen LogP contribution in [0.25, 0.3) is 11.4 Å². The zero-order valence-electron chi connectivity index (χ0n) is 14.4. The van der Waals surface area contributed by atoms with Crippen LogP contribution in [0.2, 0.25) is 0 Å². The third-order valence-corrected chi connectivity index (χ3v) is 5.31. The number of hydrogen-bond acceptors (Lipinski definition) is 5. The summed E-state index contributed by atoms with van der Waals surface area (Å²) in [6.45, 7) is 3.74. The first-order chi connectivity index (χ1) is 12.3. The molecule has 0 N–H and O–H groups in total. The molecule has 0 radical (unpaired) electrons. The van der Waals surface area contributed by atoms with Crippen LogP contribution in [0.1, 0.15) is 32.1 Å². The van der Waals surface area contributed by atoms with Crippen molar-refractivity contribution in [3.8, 4) is 11.4 Å². The van der Waals surface area contributed by atoms with E-state index in [0.29, 0.717) is 23.7 Å². The highest BCUT2D eigenvalue weighted by Crippen LogP contribution is 2.26. The summed E-state index contributed by atoms with van der Waals surface area (Å²) in [7, 11) is 0. The Bertz CT molecular complexity index is 707. The molecule has 2 aliphatic heterocycles. The molecule has 4 rings (SSSR count). The fourth-order valence-corrected chi connectivity index (χ4v) is 3.74. The number of piperidine rings is 1. The molecular weight excluding hydrogens is 316 g/mol. The molecule has 6 heteroatoms. The average Bonchev–Trinajstić information content (AvgIpc) is 3.30. The van der Waals surface area contributed by atoms with Crippen LogP contribution >= 0.6 is 0 Å². The van der Waals surface area contributed by atoms with Crippen LogP contribution in [0, 0.1) is 5.92 Å². The standard InChI is InChI=1S/C19H24N4O2/c24-17-7-4-11-22(17)12-8-15-9-13-23(14-10-15)19-20-18(21-25-19)16-5-2-1-3-6-16/h1-3,5-6,15H,4,7-14H2. The largest absolute Gasteiger partial charge is 0.343 e. The Balaban J connectivity index is 1.29. The number of nitrogens with zero attached hydrogens (tertiary/aromatic N) is 4. The van der Waals surface area contributed by atoms with Gasteiger partial charge in [0, 0.05) is 38.2 Å². The normalized spacial score (nSPS) is 19.0. The van der Waals surface area contributed by atoms with Gasteiger partial charge in [-0.2, -0.15) is 4.98 Å². The molecule has 2 saturated heterocycles. The van der Waals surface area contributed by atoms with Gasteiger partial charge in [0.05, 0.1) is 0 Å². The summed E-state index contributed by atoms with van der Waals surface area (Å²) in [5, 5.41) is 4.11. The van der Waals surface area contributed by atoms with Gasteiger partial charge in [-0.25, -0.2) is 0 Å². The number of rotatable bonds is 5. The fraction of sp³-hybridized carbons (Fsp3) is 0.526. The number of likely N-dealkylation sites (tertiary alicyclic amines) is 1. The van der Waals surface area contributed by atoms with Crippen molar-refractivity contribution in [2.75, 3.05) is 31.1 Å². The van der Waals surface area contributed by atoms with E-state index in [1.807, 2.05) is 35.2 Å². The Kier molecular flexibility index (Phi) is 4.68. The number of amides is 1. The molecule has 25 heavy (non-hydrogen) atoms.